The van der Waals surface area contributed by atoms with Gasteiger partial charge in [-0.2, -0.15) is 0 Å². The summed E-state index contributed by atoms with van der Waals surface area (Å²) in [5, 5.41) is 15.7. The van der Waals surface area contributed by atoms with Gasteiger partial charge in [0.05, 0.1) is 0 Å². The second-order valence-corrected chi connectivity index (χ2v) is 8.36. The molecule has 0 unspecified atom stereocenters. The van der Waals surface area contributed by atoms with Crippen LogP contribution in [0.2, 0.25) is 0 Å². The number of nitrogens with zero attached hydrogens (tertiary/aromatic N) is 1. The maximum atomic E-state index is 8.81. The molecule has 0 atom stereocenters. The molecule has 0 spiro atoms. The lowest BCUT2D eigenvalue weighted by atomic mass is 10.1. The summed E-state index contributed by atoms with van der Waals surface area (Å²) in [4.78, 5) is 11.9. The molecule has 0 aliphatic rings. The van der Waals surface area contributed by atoms with Gasteiger partial charge in [-0.3, -0.25) is 10.1 Å². The van der Waals surface area contributed by atoms with Crippen LogP contribution < -0.4 is 10.6 Å². The van der Waals surface area contributed by atoms with Crippen LogP contribution in [0.15, 0.2) is 115 Å². The molecule has 0 radical (unpaired) electrons. The van der Waals surface area contributed by atoms with Crippen LogP contribution in [0.5, 0.6) is 0 Å². The molecule has 0 fully saturated rings. The Balaban J connectivity index is 0.000000709. The van der Waals surface area contributed by atoms with E-state index in [2.05, 4.69) is 120 Å². The SMILES string of the molecule is C[N+](=O)[O-].Cc1ccc(Nc2ccc(-c3ccc(-c4ccc(Nc5ccccc5)cc4)[nH]3)cc2)cc1. The Morgan fingerprint density at radius 2 is 0.944 bits per heavy atom. The number of aromatic amines is 1. The van der Waals surface area contributed by atoms with Gasteiger partial charge >= 0.3 is 0 Å². The molecule has 6 heteroatoms. The summed E-state index contributed by atoms with van der Waals surface area (Å²) in [6, 6.07) is 39.9. The smallest absolute Gasteiger partial charge is 0.194 e. The lowest BCUT2D eigenvalue weighted by Gasteiger charge is -2.08. The number of hydrogen-bond donors (Lipinski definition) is 3. The predicted molar refractivity (Wildman–Crippen MR) is 149 cm³/mol. The van der Waals surface area contributed by atoms with Crippen molar-refractivity contribution in [3.05, 3.63) is 131 Å². The number of hydrogen-bond acceptors (Lipinski definition) is 4. The van der Waals surface area contributed by atoms with Crippen LogP contribution in [0.3, 0.4) is 0 Å². The summed E-state index contributed by atoms with van der Waals surface area (Å²) in [6.07, 6.45) is 0. The lowest BCUT2D eigenvalue weighted by molar-refractivity contribution is -0.445. The standard InChI is InChI=1S/C29H25N3.CH3NO2/c1-21-7-13-25(14-8-21)31-27-17-11-23(12-18-27)29-20-19-28(32-29)22-9-15-26(16-10-22)30-24-5-3-2-4-6-24;1-2(3)4/h2-20,30-32H,1H3;1H3. The number of para-hydroxylation sites is 1. The molecule has 1 aromatic heterocycles. The van der Waals surface area contributed by atoms with Crippen LogP contribution in [0.4, 0.5) is 22.7 Å². The topological polar surface area (TPSA) is 83.0 Å². The molecular weight excluding hydrogens is 448 g/mol. The molecule has 5 rings (SSSR count). The molecule has 4 aromatic carbocycles. The van der Waals surface area contributed by atoms with E-state index < -0.39 is 4.92 Å². The van der Waals surface area contributed by atoms with Crippen LogP contribution >= 0.6 is 0 Å². The zero-order valence-corrected chi connectivity index (χ0v) is 20.2. The summed E-state index contributed by atoms with van der Waals surface area (Å²) in [6.45, 7) is 2.10. The molecule has 0 aliphatic carbocycles. The third-order valence-electron chi connectivity index (χ3n) is 5.48. The average molecular weight is 477 g/mol. The fourth-order valence-electron chi connectivity index (χ4n) is 3.69. The third kappa shape index (κ3) is 6.84. The predicted octanol–water partition coefficient (Wildman–Crippen LogP) is 8.04. The van der Waals surface area contributed by atoms with Crippen molar-refractivity contribution in [1.82, 2.24) is 4.98 Å². The first kappa shape index (κ1) is 24.3. The first-order valence-electron chi connectivity index (χ1n) is 11.6. The van der Waals surface area contributed by atoms with Gasteiger partial charge in [0, 0.05) is 39.1 Å². The molecular formula is C30H28N4O2. The van der Waals surface area contributed by atoms with E-state index in [1.807, 2.05) is 18.2 Å². The number of aromatic nitrogens is 1. The summed E-state index contributed by atoms with van der Waals surface area (Å²) in [5.41, 5.74) is 10.1. The molecule has 5 aromatic rings. The highest BCUT2D eigenvalue weighted by molar-refractivity contribution is 5.72. The van der Waals surface area contributed by atoms with Crippen molar-refractivity contribution >= 4 is 22.7 Å². The summed E-state index contributed by atoms with van der Waals surface area (Å²) < 4.78 is 0. The van der Waals surface area contributed by atoms with Crippen LogP contribution in [0.1, 0.15) is 5.56 Å². The van der Waals surface area contributed by atoms with Gasteiger partial charge in [0.15, 0.2) is 7.05 Å². The largest absolute Gasteiger partial charge is 0.356 e. The van der Waals surface area contributed by atoms with Crippen LogP contribution in [0.25, 0.3) is 22.5 Å². The Kier molecular flexibility index (Phi) is 7.78. The van der Waals surface area contributed by atoms with Gasteiger partial charge in [-0.15, -0.1) is 0 Å². The van der Waals surface area contributed by atoms with E-state index in [-0.39, 0.29) is 0 Å². The highest BCUT2D eigenvalue weighted by Crippen LogP contribution is 2.28. The average Bonchev–Trinajstić information content (AvgIpc) is 3.37. The van der Waals surface area contributed by atoms with E-state index in [1.54, 1.807) is 0 Å². The highest BCUT2D eigenvalue weighted by Gasteiger charge is 2.05. The Bertz CT molecular complexity index is 1390. The van der Waals surface area contributed by atoms with Crippen molar-refractivity contribution in [2.24, 2.45) is 0 Å². The molecule has 0 amide bonds. The lowest BCUT2D eigenvalue weighted by Crippen LogP contribution is -1.90. The minimum absolute atomic E-state index is 0.500. The number of H-pyrrole nitrogens is 1. The molecule has 0 saturated carbocycles. The van der Waals surface area contributed by atoms with E-state index in [0.717, 1.165) is 52.3 Å². The first-order valence-corrected chi connectivity index (χ1v) is 11.6. The zero-order valence-electron chi connectivity index (χ0n) is 20.2. The number of nitrogens with one attached hydrogen (secondary N) is 3. The second kappa shape index (κ2) is 11.5. The van der Waals surface area contributed by atoms with Crippen molar-refractivity contribution in [2.45, 2.75) is 6.92 Å². The quantitative estimate of drug-likeness (QED) is 0.171. The van der Waals surface area contributed by atoms with Crippen molar-refractivity contribution in [2.75, 3.05) is 17.7 Å². The van der Waals surface area contributed by atoms with Crippen molar-refractivity contribution < 1.29 is 4.92 Å². The van der Waals surface area contributed by atoms with Gasteiger partial charge in [-0.1, -0.05) is 60.2 Å². The van der Waals surface area contributed by atoms with Crippen molar-refractivity contribution in [3.8, 4) is 22.5 Å². The maximum absolute atomic E-state index is 8.81. The zero-order chi connectivity index (χ0) is 25.3. The van der Waals surface area contributed by atoms with Crippen LogP contribution in [-0.2, 0) is 0 Å². The minimum atomic E-state index is -0.500. The molecule has 0 saturated heterocycles. The van der Waals surface area contributed by atoms with E-state index in [1.165, 1.54) is 5.56 Å². The number of anilines is 4. The van der Waals surface area contributed by atoms with E-state index >= 15 is 0 Å². The highest BCUT2D eigenvalue weighted by atomic mass is 16.6. The van der Waals surface area contributed by atoms with Crippen LogP contribution in [-0.4, -0.2) is 17.0 Å². The third-order valence-corrected chi connectivity index (χ3v) is 5.48. The van der Waals surface area contributed by atoms with Gasteiger partial charge in [0.1, 0.15) is 0 Å². The van der Waals surface area contributed by atoms with Gasteiger partial charge in [0.2, 0.25) is 0 Å². The Labute approximate surface area is 210 Å². The van der Waals surface area contributed by atoms with Crippen LogP contribution in [0, 0.1) is 17.0 Å². The fraction of sp³-hybridized carbons (Fsp3) is 0.0667. The fourth-order valence-corrected chi connectivity index (χ4v) is 3.69. The monoisotopic (exact) mass is 476 g/mol. The van der Waals surface area contributed by atoms with Gasteiger partial charge in [-0.25, -0.2) is 0 Å². The van der Waals surface area contributed by atoms with E-state index in [0.29, 0.717) is 0 Å². The summed E-state index contributed by atoms with van der Waals surface area (Å²) in [5.74, 6) is 0. The number of aryl methyl sites for hydroxylation is 1. The van der Waals surface area contributed by atoms with Gasteiger partial charge in [-0.05, 0) is 78.7 Å². The molecule has 0 aliphatic heterocycles. The summed E-state index contributed by atoms with van der Waals surface area (Å²) >= 11 is 0. The molecule has 180 valence electrons. The van der Waals surface area contributed by atoms with E-state index in [9.17, 15) is 0 Å². The molecule has 36 heavy (non-hydrogen) atoms. The summed E-state index contributed by atoms with van der Waals surface area (Å²) in [7, 11) is 0.889. The second-order valence-electron chi connectivity index (χ2n) is 8.36. The van der Waals surface area contributed by atoms with Gasteiger partial charge < -0.3 is 15.6 Å². The minimum Gasteiger partial charge on any atom is -0.356 e. The van der Waals surface area contributed by atoms with Crippen molar-refractivity contribution in [3.63, 3.8) is 0 Å². The number of benzene rings is 4. The normalized spacial score (nSPS) is 10.2. The molecule has 0 bridgehead atoms. The first-order chi connectivity index (χ1) is 17.5. The maximum Gasteiger partial charge on any atom is 0.194 e. The number of rotatable bonds is 6. The Morgan fingerprint density at radius 3 is 1.36 bits per heavy atom. The van der Waals surface area contributed by atoms with E-state index in [4.69, 9.17) is 10.1 Å². The molecule has 1 heterocycles. The van der Waals surface area contributed by atoms with Gasteiger partial charge in [0.25, 0.3) is 0 Å². The van der Waals surface area contributed by atoms with Crippen molar-refractivity contribution in [1.29, 1.82) is 0 Å². The molecule has 6 nitrogen and oxygen atoms in total. The Hall–Kier alpha value is -4.84. The Morgan fingerprint density at radius 1 is 0.583 bits per heavy atom. The molecule has 3 N–H and O–H groups in total. The number of nitro groups is 1.